The fourth-order valence-corrected chi connectivity index (χ4v) is 4.25. The summed E-state index contributed by atoms with van der Waals surface area (Å²) in [5, 5.41) is 0. The summed E-state index contributed by atoms with van der Waals surface area (Å²) in [6, 6.07) is 16.2. The average Bonchev–Trinajstić information content (AvgIpc) is 2.79. The van der Waals surface area contributed by atoms with Gasteiger partial charge in [-0.3, -0.25) is 4.90 Å². The van der Waals surface area contributed by atoms with E-state index in [0.29, 0.717) is 6.04 Å². The predicted octanol–water partition coefficient (Wildman–Crippen LogP) is 4.23. The molecule has 0 saturated carbocycles. The number of thioether (sulfide) groups is 1. The van der Waals surface area contributed by atoms with Crippen LogP contribution in [0, 0.1) is 0 Å². The van der Waals surface area contributed by atoms with Gasteiger partial charge in [-0.1, -0.05) is 42.5 Å². The molecule has 2 nitrogen and oxygen atoms in total. The van der Waals surface area contributed by atoms with E-state index >= 15 is 0 Å². The van der Waals surface area contributed by atoms with Gasteiger partial charge in [-0.05, 0) is 47.7 Å². The molecular formula is C21H24N2S. The number of benzene rings is 2. The third-order valence-corrected chi connectivity index (χ3v) is 5.95. The van der Waals surface area contributed by atoms with Crippen LogP contribution in [0.5, 0.6) is 0 Å². The molecule has 124 valence electrons. The van der Waals surface area contributed by atoms with Crippen molar-refractivity contribution in [2.75, 3.05) is 39.5 Å². The van der Waals surface area contributed by atoms with Gasteiger partial charge in [0, 0.05) is 31.1 Å². The molecule has 1 unspecified atom stereocenters. The van der Waals surface area contributed by atoms with Crippen LogP contribution in [0.3, 0.4) is 0 Å². The van der Waals surface area contributed by atoms with Crippen molar-refractivity contribution in [3.63, 3.8) is 0 Å². The van der Waals surface area contributed by atoms with Gasteiger partial charge in [0.25, 0.3) is 0 Å². The second-order valence-corrected chi connectivity index (χ2v) is 7.58. The van der Waals surface area contributed by atoms with Crippen LogP contribution in [0.15, 0.2) is 47.4 Å². The Balaban J connectivity index is 1.85. The molecule has 0 amide bonds. The molecule has 0 bridgehead atoms. The maximum absolute atomic E-state index is 2.66. The Kier molecular flexibility index (Phi) is 4.49. The molecule has 1 saturated heterocycles. The van der Waals surface area contributed by atoms with Crippen molar-refractivity contribution in [3.8, 4) is 0 Å². The first-order chi connectivity index (χ1) is 11.8. The normalized spacial score (nSPS) is 21.2. The van der Waals surface area contributed by atoms with Crippen LogP contribution in [-0.2, 0) is 0 Å². The molecule has 0 N–H and O–H groups in total. The minimum absolute atomic E-state index is 0.354. The minimum atomic E-state index is 0.354. The standard InChI is InChI=1S/C21H24N2S/c1-22-11-13-23(14-12-22)21-19-6-4-3-5-16(19)7-8-17-9-10-18(24-2)15-20(17)21/h3-10,15,21H,11-14H2,1-2H3. The van der Waals surface area contributed by atoms with Crippen LogP contribution < -0.4 is 0 Å². The van der Waals surface area contributed by atoms with Crippen molar-refractivity contribution in [2.45, 2.75) is 10.9 Å². The Morgan fingerprint density at radius 2 is 1.58 bits per heavy atom. The SMILES string of the molecule is CSc1ccc2c(c1)C(N1CCN(C)CC1)c1ccccc1C=C2. The fraction of sp³-hybridized carbons (Fsp3) is 0.333. The highest BCUT2D eigenvalue weighted by Gasteiger charge is 2.29. The maximum Gasteiger partial charge on any atom is 0.0614 e. The van der Waals surface area contributed by atoms with Crippen molar-refractivity contribution >= 4 is 23.9 Å². The quantitative estimate of drug-likeness (QED) is 0.758. The first-order valence-corrected chi connectivity index (χ1v) is 9.86. The smallest absolute Gasteiger partial charge is 0.0614 e. The van der Waals surface area contributed by atoms with Gasteiger partial charge in [0.15, 0.2) is 0 Å². The monoisotopic (exact) mass is 336 g/mol. The molecule has 1 aliphatic carbocycles. The van der Waals surface area contributed by atoms with Gasteiger partial charge in [-0.25, -0.2) is 0 Å². The molecule has 0 spiro atoms. The van der Waals surface area contributed by atoms with E-state index in [1.165, 1.54) is 27.1 Å². The van der Waals surface area contributed by atoms with Crippen molar-refractivity contribution in [1.82, 2.24) is 9.80 Å². The van der Waals surface area contributed by atoms with Crippen molar-refractivity contribution in [1.29, 1.82) is 0 Å². The summed E-state index contributed by atoms with van der Waals surface area (Å²) in [7, 11) is 2.22. The number of likely N-dealkylation sites (N-methyl/N-ethyl adjacent to an activating group) is 1. The molecule has 0 radical (unpaired) electrons. The van der Waals surface area contributed by atoms with Crippen LogP contribution in [0.25, 0.3) is 12.2 Å². The van der Waals surface area contributed by atoms with Crippen LogP contribution >= 0.6 is 11.8 Å². The van der Waals surface area contributed by atoms with E-state index in [4.69, 9.17) is 0 Å². The molecule has 3 heteroatoms. The topological polar surface area (TPSA) is 6.48 Å². The predicted molar refractivity (Wildman–Crippen MR) is 105 cm³/mol. The number of hydrogen-bond donors (Lipinski definition) is 0. The highest BCUT2D eigenvalue weighted by atomic mass is 32.2. The summed E-state index contributed by atoms with van der Waals surface area (Å²) in [6.07, 6.45) is 6.73. The van der Waals surface area contributed by atoms with Crippen LogP contribution in [0.1, 0.15) is 28.3 Å². The molecule has 1 atom stereocenters. The lowest BCUT2D eigenvalue weighted by Gasteiger charge is -2.39. The lowest BCUT2D eigenvalue weighted by Crippen LogP contribution is -2.46. The van der Waals surface area contributed by atoms with E-state index in [9.17, 15) is 0 Å². The summed E-state index contributed by atoms with van der Waals surface area (Å²) in [6.45, 7) is 4.53. The van der Waals surface area contributed by atoms with Gasteiger partial charge in [-0.15, -0.1) is 11.8 Å². The van der Waals surface area contributed by atoms with Crippen LogP contribution in [0.4, 0.5) is 0 Å². The van der Waals surface area contributed by atoms with Crippen molar-refractivity contribution in [2.24, 2.45) is 0 Å². The summed E-state index contributed by atoms with van der Waals surface area (Å²) in [5.41, 5.74) is 5.60. The summed E-state index contributed by atoms with van der Waals surface area (Å²) >= 11 is 1.83. The number of fused-ring (bicyclic) bond motifs is 2. The Morgan fingerprint density at radius 3 is 2.33 bits per heavy atom. The average molecular weight is 337 g/mol. The molecule has 1 aliphatic heterocycles. The zero-order valence-corrected chi connectivity index (χ0v) is 15.2. The Bertz CT molecular complexity index is 760. The van der Waals surface area contributed by atoms with Crippen LogP contribution in [-0.4, -0.2) is 49.3 Å². The Morgan fingerprint density at radius 1 is 0.875 bits per heavy atom. The van der Waals surface area contributed by atoms with E-state index in [1.807, 2.05) is 11.8 Å². The van der Waals surface area contributed by atoms with E-state index < -0.39 is 0 Å². The van der Waals surface area contributed by atoms with Gasteiger partial charge in [-0.2, -0.15) is 0 Å². The van der Waals surface area contributed by atoms with Gasteiger partial charge in [0.2, 0.25) is 0 Å². The summed E-state index contributed by atoms with van der Waals surface area (Å²) in [5.74, 6) is 0. The second kappa shape index (κ2) is 6.75. The molecule has 24 heavy (non-hydrogen) atoms. The van der Waals surface area contributed by atoms with E-state index in [1.54, 1.807) is 0 Å². The zero-order valence-electron chi connectivity index (χ0n) is 14.4. The third kappa shape index (κ3) is 2.92. The van der Waals surface area contributed by atoms with E-state index in [0.717, 1.165) is 26.2 Å². The highest BCUT2D eigenvalue weighted by molar-refractivity contribution is 7.98. The summed E-state index contributed by atoms with van der Waals surface area (Å²) < 4.78 is 0. The highest BCUT2D eigenvalue weighted by Crippen LogP contribution is 2.38. The molecule has 2 aromatic carbocycles. The van der Waals surface area contributed by atoms with Crippen molar-refractivity contribution < 1.29 is 0 Å². The number of nitrogens with zero attached hydrogens (tertiary/aromatic N) is 2. The van der Waals surface area contributed by atoms with E-state index in [2.05, 4.69) is 77.7 Å². The molecule has 2 aromatic rings. The number of rotatable bonds is 2. The fourth-order valence-electron chi connectivity index (χ4n) is 3.80. The number of hydrogen-bond acceptors (Lipinski definition) is 3. The molecule has 2 aliphatic rings. The minimum Gasteiger partial charge on any atom is -0.304 e. The molecule has 4 rings (SSSR count). The van der Waals surface area contributed by atoms with Crippen LogP contribution in [0.2, 0.25) is 0 Å². The Hall–Kier alpha value is -1.55. The third-order valence-electron chi connectivity index (χ3n) is 5.22. The van der Waals surface area contributed by atoms with Gasteiger partial charge < -0.3 is 4.90 Å². The molecular weight excluding hydrogens is 312 g/mol. The maximum atomic E-state index is 2.66. The lowest BCUT2D eigenvalue weighted by molar-refractivity contribution is 0.127. The van der Waals surface area contributed by atoms with Crippen molar-refractivity contribution in [3.05, 3.63) is 64.7 Å². The Labute approximate surface area is 149 Å². The number of piperazine rings is 1. The first kappa shape index (κ1) is 15.9. The summed E-state index contributed by atoms with van der Waals surface area (Å²) in [4.78, 5) is 6.44. The molecule has 0 aromatic heterocycles. The lowest BCUT2D eigenvalue weighted by atomic mass is 9.92. The van der Waals surface area contributed by atoms with E-state index in [-0.39, 0.29) is 0 Å². The zero-order chi connectivity index (χ0) is 16.5. The molecule has 1 heterocycles. The first-order valence-electron chi connectivity index (χ1n) is 8.64. The van der Waals surface area contributed by atoms with Gasteiger partial charge >= 0.3 is 0 Å². The van der Waals surface area contributed by atoms with Gasteiger partial charge in [0.05, 0.1) is 6.04 Å². The second-order valence-electron chi connectivity index (χ2n) is 6.70. The molecule has 1 fully saturated rings. The largest absolute Gasteiger partial charge is 0.304 e. The van der Waals surface area contributed by atoms with Gasteiger partial charge in [0.1, 0.15) is 0 Å².